The molecular weight excluding hydrogens is 446 g/mol. The Morgan fingerprint density at radius 2 is 1.65 bits per heavy atom. The SMILES string of the molecule is CCCCN(CCCC)c1cc(Cl)c2c(c1)Oc1cc(C)ccc1C21OC(=O)c2ccccc21. The summed E-state index contributed by atoms with van der Waals surface area (Å²) >= 11 is 7.04. The molecule has 2 heterocycles. The third-order valence-electron chi connectivity index (χ3n) is 6.83. The van der Waals surface area contributed by atoms with E-state index in [0.29, 0.717) is 27.6 Å². The minimum atomic E-state index is -1.13. The van der Waals surface area contributed by atoms with E-state index in [4.69, 9.17) is 21.1 Å². The van der Waals surface area contributed by atoms with Crippen LogP contribution in [-0.2, 0) is 10.3 Å². The van der Waals surface area contributed by atoms with Crippen LogP contribution in [0.1, 0.15) is 72.1 Å². The number of anilines is 1. The molecule has 0 aromatic heterocycles. The van der Waals surface area contributed by atoms with E-state index in [-0.39, 0.29) is 5.97 Å². The molecule has 0 fully saturated rings. The molecule has 0 saturated carbocycles. The largest absolute Gasteiger partial charge is 0.456 e. The van der Waals surface area contributed by atoms with Crippen molar-refractivity contribution in [2.75, 3.05) is 18.0 Å². The summed E-state index contributed by atoms with van der Waals surface area (Å²) in [5.41, 5.74) is 3.84. The molecule has 0 saturated heterocycles. The van der Waals surface area contributed by atoms with E-state index < -0.39 is 5.60 Å². The lowest BCUT2D eigenvalue weighted by atomic mass is 9.77. The van der Waals surface area contributed by atoms with Crippen LogP contribution in [0.2, 0.25) is 5.02 Å². The Hall–Kier alpha value is -2.98. The molecule has 0 amide bonds. The Morgan fingerprint density at radius 3 is 2.38 bits per heavy atom. The lowest BCUT2D eigenvalue weighted by Crippen LogP contribution is -2.34. The third kappa shape index (κ3) is 3.56. The number of carbonyl (C=O) groups is 1. The Labute approximate surface area is 206 Å². The zero-order valence-corrected chi connectivity index (χ0v) is 20.7. The van der Waals surface area contributed by atoms with E-state index in [1.807, 2.05) is 55.5 Å². The van der Waals surface area contributed by atoms with Crippen molar-refractivity contribution in [3.05, 3.63) is 87.4 Å². The average molecular weight is 476 g/mol. The summed E-state index contributed by atoms with van der Waals surface area (Å²) < 4.78 is 12.7. The molecule has 1 spiro atoms. The Morgan fingerprint density at radius 1 is 0.912 bits per heavy atom. The summed E-state index contributed by atoms with van der Waals surface area (Å²) in [4.78, 5) is 15.4. The van der Waals surface area contributed by atoms with Gasteiger partial charge in [0, 0.05) is 36.0 Å². The number of fused-ring (bicyclic) bond motifs is 6. The highest BCUT2D eigenvalue weighted by molar-refractivity contribution is 6.32. The second kappa shape index (κ2) is 8.99. The molecule has 1 atom stereocenters. The van der Waals surface area contributed by atoms with Gasteiger partial charge >= 0.3 is 5.97 Å². The first-order valence-corrected chi connectivity index (χ1v) is 12.6. The highest BCUT2D eigenvalue weighted by atomic mass is 35.5. The van der Waals surface area contributed by atoms with Gasteiger partial charge in [-0.15, -0.1) is 0 Å². The van der Waals surface area contributed by atoms with E-state index in [9.17, 15) is 4.79 Å². The van der Waals surface area contributed by atoms with Gasteiger partial charge < -0.3 is 14.4 Å². The van der Waals surface area contributed by atoms with Gasteiger partial charge in [-0.05, 0) is 43.5 Å². The fraction of sp³-hybridized carbons (Fsp3) is 0.345. The number of ether oxygens (including phenoxy) is 2. The smallest absolute Gasteiger partial charge is 0.340 e. The molecule has 4 nitrogen and oxygen atoms in total. The van der Waals surface area contributed by atoms with Crippen molar-refractivity contribution in [1.29, 1.82) is 0 Å². The Bertz CT molecular complexity index is 1250. The number of nitrogens with zero attached hydrogens (tertiary/aromatic N) is 1. The molecule has 0 radical (unpaired) electrons. The molecule has 3 aromatic carbocycles. The second-order valence-corrected chi connectivity index (χ2v) is 9.62. The summed E-state index contributed by atoms with van der Waals surface area (Å²) in [7, 11) is 0. The minimum Gasteiger partial charge on any atom is -0.456 e. The summed E-state index contributed by atoms with van der Waals surface area (Å²) in [6.07, 6.45) is 4.47. The monoisotopic (exact) mass is 475 g/mol. The van der Waals surface area contributed by atoms with E-state index in [1.54, 1.807) is 0 Å². The molecule has 3 aromatic rings. The number of rotatable bonds is 7. The zero-order valence-electron chi connectivity index (χ0n) is 20.0. The van der Waals surface area contributed by atoms with Crippen LogP contribution in [0, 0.1) is 6.92 Å². The van der Waals surface area contributed by atoms with Gasteiger partial charge in [0.2, 0.25) is 0 Å². The Kier molecular flexibility index (Phi) is 6.03. The normalized spacial score (nSPS) is 17.6. The number of unbranched alkanes of at least 4 members (excludes halogenated alkanes) is 2. The van der Waals surface area contributed by atoms with Crippen molar-refractivity contribution < 1.29 is 14.3 Å². The van der Waals surface area contributed by atoms with Crippen molar-refractivity contribution in [3.8, 4) is 11.5 Å². The predicted molar refractivity (Wildman–Crippen MR) is 136 cm³/mol. The van der Waals surface area contributed by atoms with Gasteiger partial charge in [-0.2, -0.15) is 0 Å². The van der Waals surface area contributed by atoms with Crippen LogP contribution in [0.5, 0.6) is 11.5 Å². The quantitative estimate of drug-likeness (QED) is 0.329. The topological polar surface area (TPSA) is 38.8 Å². The van der Waals surface area contributed by atoms with Gasteiger partial charge in [-0.3, -0.25) is 0 Å². The van der Waals surface area contributed by atoms with Crippen molar-refractivity contribution in [2.45, 2.75) is 52.1 Å². The van der Waals surface area contributed by atoms with Gasteiger partial charge in [0.25, 0.3) is 0 Å². The van der Waals surface area contributed by atoms with Crippen LogP contribution in [0.3, 0.4) is 0 Å². The van der Waals surface area contributed by atoms with Crippen LogP contribution < -0.4 is 9.64 Å². The van der Waals surface area contributed by atoms with Crippen molar-refractivity contribution in [2.24, 2.45) is 0 Å². The molecule has 176 valence electrons. The molecule has 2 aliphatic heterocycles. The molecule has 0 bridgehead atoms. The molecule has 0 N–H and O–H groups in total. The maximum atomic E-state index is 13.0. The zero-order chi connectivity index (χ0) is 23.9. The van der Waals surface area contributed by atoms with Gasteiger partial charge in [0.15, 0.2) is 5.60 Å². The predicted octanol–water partition coefficient (Wildman–Crippen LogP) is 7.62. The first-order valence-electron chi connectivity index (χ1n) is 12.2. The van der Waals surface area contributed by atoms with Crippen LogP contribution in [0.25, 0.3) is 0 Å². The molecule has 2 aliphatic rings. The number of hydrogen-bond acceptors (Lipinski definition) is 4. The van der Waals surface area contributed by atoms with Crippen LogP contribution in [0.4, 0.5) is 5.69 Å². The van der Waals surface area contributed by atoms with Crippen molar-refractivity contribution >= 4 is 23.3 Å². The lowest BCUT2D eigenvalue weighted by Gasteiger charge is -2.38. The summed E-state index contributed by atoms with van der Waals surface area (Å²) in [6, 6.07) is 17.6. The average Bonchev–Trinajstić information content (AvgIpc) is 3.11. The first-order chi connectivity index (χ1) is 16.5. The lowest BCUT2D eigenvalue weighted by molar-refractivity contribution is 0.0225. The van der Waals surface area contributed by atoms with Crippen LogP contribution >= 0.6 is 11.6 Å². The van der Waals surface area contributed by atoms with Gasteiger partial charge in [0.05, 0.1) is 16.1 Å². The fourth-order valence-corrected chi connectivity index (χ4v) is 5.44. The molecule has 5 rings (SSSR count). The highest BCUT2D eigenvalue weighted by Crippen LogP contribution is 2.58. The van der Waals surface area contributed by atoms with Gasteiger partial charge in [-0.25, -0.2) is 4.79 Å². The van der Waals surface area contributed by atoms with E-state index in [0.717, 1.165) is 61.2 Å². The number of hydrogen-bond donors (Lipinski definition) is 0. The first kappa shape index (κ1) is 22.8. The summed E-state index contributed by atoms with van der Waals surface area (Å²) in [6.45, 7) is 8.36. The Balaban J connectivity index is 1.72. The third-order valence-corrected chi connectivity index (χ3v) is 7.13. The molecule has 0 aliphatic carbocycles. The fourth-order valence-electron chi connectivity index (χ4n) is 5.10. The maximum absolute atomic E-state index is 13.0. The minimum absolute atomic E-state index is 0.345. The number of aryl methyl sites for hydroxylation is 1. The van der Waals surface area contributed by atoms with E-state index in [1.165, 1.54) is 0 Å². The van der Waals surface area contributed by atoms with Crippen molar-refractivity contribution in [1.82, 2.24) is 0 Å². The number of halogens is 1. The van der Waals surface area contributed by atoms with Gasteiger partial charge in [-0.1, -0.05) is 68.6 Å². The van der Waals surface area contributed by atoms with Crippen LogP contribution in [0.15, 0.2) is 54.6 Å². The number of carbonyl (C=O) groups excluding carboxylic acids is 1. The second-order valence-electron chi connectivity index (χ2n) is 9.21. The number of benzene rings is 3. The highest BCUT2D eigenvalue weighted by Gasteiger charge is 2.54. The van der Waals surface area contributed by atoms with Gasteiger partial charge in [0.1, 0.15) is 11.5 Å². The van der Waals surface area contributed by atoms with E-state index in [2.05, 4.69) is 24.8 Å². The summed E-state index contributed by atoms with van der Waals surface area (Å²) in [5.74, 6) is 0.990. The summed E-state index contributed by atoms with van der Waals surface area (Å²) in [5, 5.41) is 0.543. The molecule has 1 unspecified atom stereocenters. The molecule has 5 heteroatoms. The van der Waals surface area contributed by atoms with Crippen molar-refractivity contribution in [3.63, 3.8) is 0 Å². The molecular formula is C29H30ClNO3. The standard InChI is InChI=1S/C29H30ClNO3/c1-4-6-14-31(15-7-5-2)20-17-24(30)27-26(18-20)33-25-16-19(3)12-13-23(25)29(27)22-11-9-8-10-21(22)28(32)34-29/h8-13,16-18H,4-7,14-15H2,1-3H3. The molecule has 34 heavy (non-hydrogen) atoms. The number of esters is 1. The van der Waals surface area contributed by atoms with Crippen LogP contribution in [-0.4, -0.2) is 19.1 Å². The maximum Gasteiger partial charge on any atom is 0.340 e. The van der Waals surface area contributed by atoms with E-state index >= 15 is 0 Å².